The van der Waals surface area contributed by atoms with Crippen molar-refractivity contribution in [3.8, 4) is 11.4 Å². The standard InChI is InChI=1S/C18H18N6O/c1-11(2)24-18-15(17(19)20-10-21-18)16(22-24)14-9-13(25-23-14)8-12-6-4-3-5-7-12/h3-7,9-11H,8H2,1-2H3,(H2,19,20,21). The molecule has 0 unspecified atom stereocenters. The predicted molar refractivity (Wildman–Crippen MR) is 94.9 cm³/mol. The highest BCUT2D eigenvalue weighted by Crippen LogP contribution is 2.31. The molecule has 4 aromatic rings. The topological polar surface area (TPSA) is 95.7 Å². The lowest BCUT2D eigenvalue weighted by Gasteiger charge is -2.05. The Hall–Kier alpha value is -3.22. The molecule has 0 spiro atoms. The summed E-state index contributed by atoms with van der Waals surface area (Å²) in [5.41, 5.74) is 9.21. The van der Waals surface area contributed by atoms with Gasteiger partial charge in [0.25, 0.3) is 0 Å². The van der Waals surface area contributed by atoms with E-state index in [0.717, 1.165) is 11.3 Å². The van der Waals surface area contributed by atoms with Gasteiger partial charge in [-0.2, -0.15) is 5.10 Å². The summed E-state index contributed by atoms with van der Waals surface area (Å²) >= 11 is 0. The molecule has 0 aliphatic carbocycles. The lowest BCUT2D eigenvalue weighted by Crippen LogP contribution is -2.04. The smallest absolute Gasteiger partial charge is 0.164 e. The van der Waals surface area contributed by atoms with E-state index in [4.69, 9.17) is 10.3 Å². The second kappa shape index (κ2) is 6.01. The summed E-state index contributed by atoms with van der Waals surface area (Å²) in [6.45, 7) is 4.08. The number of anilines is 1. The Morgan fingerprint density at radius 1 is 1.16 bits per heavy atom. The van der Waals surface area contributed by atoms with Gasteiger partial charge in [-0.3, -0.25) is 0 Å². The first kappa shape index (κ1) is 15.3. The second-order valence-corrected chi connectivity index (χ2v) is 6.19. The molecule has 4 rings (SSSR count). The van der Waals surface area contributed by atoms with E-state index in [9.17, 15) is 0 Å². The summed E-state index contributed by atoms with van der Waals surface area (Å²) in [4.78, 5) is 8.43. The quantitative estimate of drug-likeness (QED) is 0.615. The zero-order valence-corrected chi connectivity index (χ0v) is 14.0. The van der Waals surface area contributed by atoms with Crippen molar-refractivity contribution in [2.45, 2.75) is 26.3 Å². The molecule has 1 aromatic carbocycles. The molecule has 7 heteroatoms. The largest absolute Gasteiger partial charge is 0.383 e. The third-order valence-corrected chi connectivity index (χ3v) is 4.03. The molecular weight excluding hydrogens is 316 g/mol. The van der Waals surface area contributed by atoms with Gasteiger partial charge in [0.05, 0.1) is 5.39 Å². The number of hydrogen-bond acceptors (Lipinski definition) is 6. The Morgan fingerprint density at radius 3 is 2.72 bits per heavy atom. The number of fused-ring (bicyclic) bond motifs is 1. The Morgan fingerprint density at radius 2 is 1.96 bits per heavy atom. The molecule has 7 nitrogen and oxygen atoms in total. The summed E-state index contributed by atoms with van der Waals surface area (Å²) in [6, 6.07) is 12.1. The Kier molecular flexibility index (Phi) is 3.68. The highest BCUT2D eigenvalue weighted by molar-refractivity contribution is 5.97. The van der Waals surface area contributed by atoms with Crippen molar-refractivity contribution < 1.29 is 4.52 Å². The number of benzene rings is 1. The van der Waals surface area contributed by atoms with E-state index >= 15 is 0 Å². The van der Waals surface area contributed by atoms with Crippen LogP contribution in [-0.4, -0.2) is 24.9 Å². The summed E-state index contributed by atoms with van der Waals surface area (Å²) in [5, 5.41) is 9.54. The van der Waals surface area contributed by atoms with Crippen molar-refractivity contribution in [2.24, 2.45) is 0 Å². The molecule has 0 fully saturated rings. The van der Waals surface area contributed by atoms with Gasteiger partial charge >= 0.3 is 0 Å². The summed E-state index contributed by atoms with van der Waals surface area (Å²) < 4.78 is 7.33. The maximum Gasteiger partial charge on any atom is 0.164 e. The number of hydrogen-bond donors (Lipinski definition) is 1. The van der Waals surface area contributed by atoms with Gasteiger partial charge in [0, 0.05) is 18.5 Å². The summed E-state index contributed by atoms with van der Waals surface area (Å²) in [6.07, 6.45) is 2.12. The SMILES string of the molecule is CC(C)n1nc(-c2cc(Cc3ccccc3)on2)c2c(N)ncnc21. The molecular formula is C18H18N6O. The van der Waals surface area contributed by atoms with E-state index in [1.165, 1.54) is 6.33 Å². The van der Waals surface area contributed by atoms with Gasteiger partial charge in [0.2, 0.25) is 0 Å². The zero-order chi connectivity index (χ0) is 17.4. The zero-order valence-electron chi connectivity index (χ0n) is 14.0. The highest BCUT2D eigenvalue weighted by atomic mass is 16.5. The lowest BCUT2D eigenvalue weighted by molar-refractivity contribution is 0.391. The van der Waals surface area contributed by atoms with Gasteiger partial charge in [-0.15, -0.1) is 0 Å². The molecule has 3 aromatic heterocycles. The van der Waals surface area contributed by atoms with E-state index in [0.29, 0.717) is 34.7 Å². The van der Waals surface area contributed by atoms with E-state index in [-0.39, 0.29) is 6.04 Å². The third kappa shape index (κ3) is 2.73. The van der Waals surface area contributed by atoms with Crippen LogP contribution in [0.2, 0.25) is 0 Å². The number of nitrogen functional groups attached to an aromatic ring is 1. The Labute approximate surface area is 144 Å². The average molecular weight is 334 g/mol. The van der Waals surface area contributed by atoms with Crippen molar-refractivity contribution in [3.63, 3.8) is 0 Å². The van der Waals surface area contributed by atoms with Gasteiger partial charge < -0.3 is 10.3 Å². The fraction of sp³-hybridized carbons (Fsp3) is 0.222. The second-order valence-electron chi connectivity index (χ2n) is 6.19. The van der Waals surface area contributed by atoms with Gasteiger partial charge in [0.15, 0.2) is 5.65 Å². The number of nitrogens with two attached hydrogens (primary N) is 1. The number of aromatic nitrogens is 5. The van der Waals surface area contributed by atoms with Crippen LogP contribution in [0.25, 0.3) is 22.4 Å². The molecule has 3 heterocycles. The molecule has 2 N–H and O–H groups in total. The fourth-order valence-corrected chi connectivity index (χ4v) is 2.84. The Bertz CT molecular complexity index is 1020. The van der Waals surface area contributed by atoms with Crippen LogP contribution in [0.3, 0.4) is 0 Å². The maximum atomic E-state index is 6.08. The number of nitrogens with zero attached hydrogens (tertiary/aromatic N) is 5. The molecule has 0 saturated carbocycles. The maximum absolute atomic E-state index is 6.08. The van der Waals surface area contributed by atoms with Gasteiger partial charge in [0.1, 0.15) is 29.3 Å². The van der Waals surface area contributed by atoms with Gasteiger partial charge in [-0.25, -0.2) is 14.6 Å². The molecule has 126 valence electrons. The van der Waals surface area contributed by atoms with Crippen molar-refractivity contribution in [1.82, 2.24) is 24.9 Å². The van der Waals surface area contributed by atoms with Gasteiger partial charge in [-0.1, -0.05) is 35.5 Å². The minimum atomic E-state index is 0.140. The molecule has 0 aliphatic heterocycles. The van der Waals surface area contributed by atoms with Crippen LogP contribution in [0.4, 0.5) is 5.82 Å². The van der Waals surface area contributed by atoms with Crippen LogP contribution in [0.5, 0.6) is 0 Å². The van der Waals surface area contributed by atoms with Crippen molar-refractivity contribution in [1.29, 1.82) is 0 Å². The summed E-state index contributed by atoms with van der Waals surface area (Å²) in [7, 11) is 0. The van der Waals surface area contributed by atoms with Crippen molar-refractivity contribution >= 4 is 16.9 Å². The fourth-order valence-electron chi connectivity index (χ4n) is 2.84. The average Bonchev–Trinajstić information content (AvgIpc) is 3.21. The first-order valence-corrected chi connectivity index (χ1v) is 8.12. The minimum Gasteiger partial charge on any atom is -0.383 e. The molecule has 0 bridgehead atoms. The lowest BCUT2D eigenvalue weighted by atomic mass is 10.1. The first-order valence-electron chi connectivity index (χ1n) is 8.12. The number of rotatable bonds is 4. The molecule has 25 heavy (non-hydrogen) atoms. The highest BCUT2D eigenvalue weighted by Gasteiger charge is 2.21. The predicted octanol–water partition coefficient (Wildman–Crippen LogP) is 3.24. The van der Waals surface area contributed by atoms with E-state index < -0.39 is 0 Å². The van der Waals surface area contributed by atoms with Crippen LogP contribution < -0.4 is 5.73 Å². The van der Waals surface area contributed by atoms with Crippen molar-refractivity contribution in [2.75, 3.05) is 5.73 Å². The minimum absolute atomic E-state index is 0.140. The van der Waals surface area contributed by atoms with Gasteiger partial charge in [-0.05, 0) is 19.4 Å². The van der Waals surface area contributed by atoms with Crippen LogP contribution in [-0.2, 0) is 6.42 Å². The summed E-state index contributed by atoms with van der Waals surface area (Å²) in [5.74, 6) is 1.16. The van der Waals surface area contributed by atoms with Crippen molar-refractivity contribution in [3.05, 3.63) is 54.0 Å². The monoisotopic (exact) mass is 334 g/mol. The normalized spacial score (nSPS) is 11.5. The Balaban J connectivity index is 1.78. The van der Waals surface area contributed by atoms with E-state index in [2.05, 4.69) is 32.4 Å². The van der Waals surface area contributed by atoms with E-state index in [1.807, 2.05) is 42.8 Å². The molecule has 0 aliphatic rings. The van der Waals surface area contributed by atoms with Crippen LogP contribution in [0, 0.1) is 0 Å². The first-order chi connectivity index (χ1) is 12.1. The van der Waals surface area contributed by atoms with Crippen LogP contribution in [0.1, 0.15) is 31.2 Å². The third-order valence-electron chi connectivity index (χ3n) is 4.03. The van der Waals surface area contributed by atoms with Crippen LogP contribution in [0.15, 0.2) is 47.2 Å². The molecule has 0 radical (unpaired) electrons. The molecule has 0 atom stereocenters. The molecule has 0 saturated heterocycles. The van der Waals surface area contributed by atoms with Crippen LogP contribution >= 0.6 is 0 Å². The molecule has 0 amide bonds. The van der Waals surface area contributed by atoms with E-state index in [1.54, 1.807) is 0 Å².